The zero-order chi connectivity index (χ0) is 25.4. The minimum absolute atomic E-state index is 0.0188. The smallest absolute Gasteiger partial charge is 0.268 e. The summed E-state index contributed by atoms with van der Waals surface area (Å²) in [6.07, 6.45) is -0.489. The van der Waals surface area contributed by atoms with Crippen LogP contribution in [0.2, 0.25) is 0 Å². The van der Waals surface area contributed by atoms with E-state index in [0.717, 1.165) is 9.54 Å². The molecule has 9 nitrogen and oxygen atoms in total. The molecular weight excluding hydrogens is 490 g/mol. The lowest BCUT2D eigenvalue weighted by Crippen LogP contribution is -2.41. The van der Waals surface area contributed by atoms with E-state index in [-0.39, 0.29) is 34.9 Å². The summed E-state index contributed by atoms with van der Waals surface area (Å²) in [5.74, 6) is -0.953. The van der Waals surface area contributed by atoms with Crippen LogP contribution >= 0.6 is 0 Å². The number of aryl methyl sites for hydroxylation is 2. The van der Waals surface area contributed by atoms with Crippen LogP contribution in [-0.2, 0) is 30.5 Å². The average molecular weight is 516 g/mol. The number of nitriles is 1. The molecule has 0 spiro atoms. The van der Waals surface area contributed by atoms with Crippen LogP contribution in [0.5, 0.6) is 0 Å². The second-order valence-electron chi connectivity index (χ2n) is 8.48. The highest BCUT2D eigenvalue weighted by molar-refractivity contribution is 7.90. The highest BCUT2D eigenvalue weighted by Gasteiger charge is 2.29. The van der Waals surface area contributed by atoms with Gasteiger partial charge < -0.3 is 4.74 Å². The Hall–Kier alpha value is -3.04. The van der Waals surface area contributed by atoms with E-state index in [1.807, 2.05) is 6.92 Å². The number of aromatic nitrogens is 1. The van der Waals surface area contributed by atoms with E-state index in [4.69, 9.17) is 10.00 Å². The first-order chi connectivity index (χ1) is 16.5. The second-order valence-corrected chi connectivity index (χ2v) is 12.2. The van der Waals surface area contributed by atoms with Crippen molar-refractivity contribution in [3.05, 3.63) is 64.8 Å². The lowest BCUT2D eigenvalue weighted by Gasteiger charge is -2.26. The molecule has 1 fully saturated rings. The van der Waals surface area contributed by atoms with Gasteiger partial charge in [-0.1, -0.05) is 17.7 Å². The second kappa shape index (κ2) is 9.54. The molecule has 0 aliphatic carbocycles. The number of carbonyl (C=O) groups excluding carboxylic acids is 1. The summed E-state index contributed by atoms with van der Waals surface area (Å²) < 4.78 is 60.9. The molecule has 0 unspecified atom stereocenters. The third-order valence-corrected chi connectivity index (χ3v) is 9.57. The molecule has 1 aliphatic heterocycles. The van der Waals surface area contributed by atoms with Gasteiger partial charge in [0.15, 0.2) is 5.78 Å². The highest BCUT2D eigenvalue weighted by Crippen LogP contribution is 2.30. The molecule has 0 bridgehead atoms. The minimum atomic E-state index is -4.22. The molecule has 0 saturated carbocycles. The molecule has 4 rings (SSSR count). The minimum Gasteiger partial charge on any atom is -0.379 e. The van der Waals surface area contributed by atoms with E-state index < -0.39 is 32.3 Å². The van der Waals surface area contributed by atoms with E-state index in [1.165, 1.54) is 28.6 Å². The number of hydrogen-bond donors (Lipinski definition) is 0. The predicted octanol–water partition coefficient (Wildman–Crippen LogP) is 2.75. The molecule has 1 aliphatic rings. The van der Waals surface area contributed by atoms with Gasteiger partial charge in [0.1, 0.15) is 12.1 Å². The van der Waals surface area contributed by atoms with Crippen molar-refractivity contribution in [2.75, 3.05) is 26.3 Å². The van der Waals surface area contributed by atoms with Gasteiger partial charge in [-0.05, 0) is 55.3 Å². The molecule has 0 amide bonds. The summed E-state index contributed by atoms with van der Waals surface area (Å²) in [5.41, 5.74) is 1.99. The van der Waals surface area contributed by atoms with Crippen LogP contribution in [0.1, 0.15) is 33.6 Å². The molecule has 0 N–H and O–H groups in total. The van der Waals surface area contributed by atoms with E-state index >= 15 is 0 Å². The molecule has 3 aromatic rings. The number of sulfonamides is 1. The topological polar surface area (TPSA) is 127 Å². The summed E-state index contributed by atoms with van der Waals surface area (Å²) in [4.78, 5) is 12.7. The summed E-state index contributed by atoms with van der Waals surface area (Å²) in [6, 6.07) is 12.6. The number of nitrogens with zero attached hydrogens (tertiary/aromatic N) is 3. The number of benzene rings is 2. The SMILES string of the molecule is Cc1ccc(S(=O)(=O)n2c(C(=O)CC#N)cc3cc(C)c(CS(=O)(=O)N4CCOCC4)cc32)cc1. The van der Waals surface area contributed by atoms with Gasteiger partial charge >= 0.3 is 0 Å². The van der Waals surface area contributed by atoms with E-state index in [9.17, 15) is 21.6 Å². The van der Waals surface area contributed by atoms with Crippen LogP contribution in [-0.4, -0.2) is 57.2 Å². The third kappa shape index (κ3) is 4.88. The van der Waals surface area contributed by atoms with E-state index in [2.05, 4.69) is 0 Å². The average Bonchev–Trinajstić information content (AvgIpc) is 3.19. The molecule has 11 heteroatoms. The van der Waals surface area contributed by atoms with Crippen molar-refractivity contribution in [3.63, 3.8) is 0 Å². The summed E-state index contributed by atoms with van der Waals surface area (Å²) in [7, 11) is -7.88. The number of ketones is 1. The maximum Gasteiger partial charge on any atom is 0.268 e. The fourth-order valence-electron chi connectivity index (χ4n) is 4.09. The van der Waals surface area contributed by atoms with Crippen LogP contribution in [0.4, 0.5) is 0 Å². The molecule has 2 aromatic carbocycles. The van der Waals surface area contributed by atoms with Crippen molar-refractivity contribution in [2.45, 2.75) is 30.9 Å². The van der Waals surface area contributed by atoms with Gasteiger partial charge in [-0.15, -0.1) is 0 Å². The highest BCUT2D eigenvalue weighted by atomic mass is 32.2. The molecule has 0 radical (unpaired) electrons. The Balaban J connectivity index is 1.90. The number of fused-ring (bicyclic) bond motifs is 1. The largest absolute Gasteiger partial charge is 0.379 e. The maximum atomic E-state index is 13.7. The Morgan fingerprint density at radius 3 is 2.31 bits per heavy atom. The van der Waals surface area contributed by atoms with Crippen LogP contribution in [0, 0.1) is 25.2 Å². The number of ether oxygens (including phenoxy) is 1. The zero-order valence-corrected chi connectivity index (χ0v) is 21.0. The summed E-state index contributed by atoms with van der Waals surface area (Å²) >= 11 is 0. The Bertz CT molecular complexity index is 1540. The number of hydrogen-bond acceptors (Lipinski definition) is 7. The zero-order valence-electron chi connectivity index (χ0n) is 19.4. The van der Waals surface area contributed by atoms with Crippen molar-refractivity contribution in [3.8, 4) is 6.07 Å². The molecule has 35 heavy (non-hydrogen) atoms. The molecule has 1 saturated heterocycles. The molecule has 2 heterocycles. The summed E-state index contributed by atoms with van der Waals surface area (Å²) in [5, 5.41) is 9.51. The lowest BCUT2D eigenvalue weighted by atomic mass is 10.1. The Labute approximate surface area is 204 Å². The van der Waals surface area contributed by atoms with Gasteiger partial charge in [0, 0.05) is 18.5 Å². The van der Waals surface area contributed by atoms with E-state index in [1.54, 1.807) is 31.2 Å². The predicted molar refractivity (Wildman–Crippen MR) is 130 cm³/mol. The van der Waals surface area contributed by atoms with Crippen molar-refractivity contribution >= 4 is 36.7 Å². The molecule has 1 aromatic heterocycles. The Kier molecular flexibility index (Phi) is 6.83. The number of morpholine rings is 1. The van der Waals surface area contributed by atoms with Gasteiger partial charge in [0.25, 0.3) is 10.0 Å². The first-order valence-electron chi connectivity index (χ1n) is 11.0. The standard InChI is InChI=1S/C24H25N3O6S2/c1-17-3-5-21(6-4-17)35(31,32)27-22-15-20(16-34(29,30)26-9-11-33-12-10-26)18(2)13-19(22)14-23(27)24(28)7-8-25/h3-6,13-15H,7,9-12,16H2,1-2H3. The molecular formula is C24H25N3O6S2. The fraction of sp³-hybridized carbons (Fsp3) is 0.333. The fourth-order valence-corrected chi connectivity index (χ4v) is 7.20. The van der Waals surface area contributed by atoms with Gasteiger partial charge in [-0.3, -0.25) is 4.79 Å². The van der Waals surface area contributed by atoms with Gasteiger partial charge in [0.05, 0.1) is 35.4 Å². The molecule has 184 valence electrons. The van der Waals surface area contributed by atoms with Crippen molar-refractivity contribution in [2.24, 2.45) is 0 Å². The first-order valence-corrected chi connectivity index (χ1v) is 14.0. The normalized spacial score (nSPS) is 15.2. The lowest BCUT2D eigenvalue weighted by molar-refractivity contribution is 0.0729. The number of Topliss-reactive ketones (excluding diaryl/α,β-unsaturated/α-hetero) is 1. The van der Waals surface area contributed by atoms with Gasteiger partial charge in [0.2, 0.25) is 10.0 Å². The van der Waals surface area contributed by atoms with Gasteiger partial charge in [-0.2, -0.15) is 9.57 Å². The van der Waals surface area contributed by atoms with Crippen molar-refractivity contribution in [1.82, 2.24) is 8.28 Å². The number of rotatable bonds is 7. The van der Waals surface area contributed by atoms with Crippen molar-refractivity contribution in [1.29, 1.82) is 5.26 Å². The monoisotopic (exact) mass is 515 g/mol. The quantitative estimate of drug-likeness (QED) is 0.443. The van der Waals surface area contributed by atoms with Crippen LogP contribution in [0.15, 0.2) is 47.4 Å². The van der Waals surface area contributed by atoms with E-state index in [0.29, 0.717) is 29.7 Å². The number of carbonyl (C=O) groups is 1. The van der Waals surface area contributed by atoms with Crippen LogP contribution in [0.25, 0.3) is 10.9 Å². The maximum absolute atomic E-state index is 13.7. The Morgan fingerprint density at radius 2 is 1.69 bits per heavy atom. The first kappa shape index (κ1) is 25.1. The summed E-state index contributed by atoms with van der Waals surface area (Å²) in [6.45, 7) is 4.72. The van der Waals surface area contributed by atoms with Gasteiger partial charge in [-0.25, -0.2) is 20.8 Å². The van der Waals surface area contributed by atoms with Crippen molar-refractivity contribution < 1.29 is 26.4 Å². The molecule has 0 atom stereocenters. The van der Waals surface area contributed by atoms with Crippen LogP contribution in [0.3, 0.4) is 0 Å². The Morgan fingerprint density at radius 1 is 1.03 bits per heavy atom. The third-order valence-electron chi connectivity index (χ3n) is 6.00. The van der Waals surface area contributed by atoms with Crippen LogP contribution < -0.4 is 0 Å².